The maximum absolute atomic E-state index is 13.2. The lowest BCUT2D eigenvalue weighted by molar-refractivity contribution is 0.0670. The van der Waals surface area contributed by atoms with E-state index in [1.807, 2.05) is 24.0 Å². The number of rotatable bonds is 4. The third kappa shape index (κ3) is 3.70. The lowest BCUT2D eigenvalue weighted by atomic mass is 9.79. The molecule has 6 heteroatoms. The fraction of sp³-hybridized carbons (Fsp3) is 0.545. The van der Waals surface area contributed by atoms with Crippen LogP contribution in [0, 0.1) is 18.2 Å². The summed E-state index contributed by atoms with van der Waals surface area (Å²) in [6, 6.07) is 6.79. The van der Waals surface area contributed by atoms with Crippen molar-refractivity contribution in [3.63, 3.8) is 0 Å². The molecule has 4 rings (SSSR count). The Kier molecular flexibility index (Phi) is 5.23. The van der Waals surface area contributed by atoms with E-state index >= 15 is 0 Å². The van der Waals surface area contributed by atoms with Crippen molar-refractivity contribution in [2.45, 2.75) is 46.1 Å². The predicted octanol–water partition coefficient (Wildman–Crippen LogP) is 3.55. The normalized spacial score (nSPS) is 22.9. The summed E-state index contributed by atoms with van der Waals surface area (Å²) < 4.78 is 13.2. The maximum Gasteiger partial charge on any atom is 0.274 e. The first-order valence-electron chi connectivity index (χ1n) is 10.3. The number of aromatic nitrogens is 2. The van der Waals surface area contributed by atoms with E-state index in [4.69, 9.17) is 0 Å². The SMILES string of the molecule is CCc1[nH]nc(C(=O)N2CC[C@@]3(CCCN(Cc4ccc(F)cc4)C3)C2)c1C. The zero-order valence-corrected chi connectivity index (χ0v) is 16.8. The molecule has 2 aliphatic rings. The number of nitrogens with one attached hydrogen (secondary N) is 1. The number of halogens is 1. The highest BCUT2D eigenvalue weighted by Gasteiger charge is 2.43. The summed E-state index contributed by atoms with van der Waals surface area (Å²) in [5.74, 6) is -0.135. The molecule has 3 heterocycles. The number of piperidine rings is 1. The number of aromatic amines is 1. The Morgan fingerprint density at radius 2 is 2.00 bits per heavy atom. The molecule has 150 valence electrons. The van der Waals surface area contributed by atoms with Gasteiger partial charge in [0, 0.05) is 42.9 Å². The molecule has 2 aromatic rings. The standard InChI is InChI=1S/C22H29FN4O/c1-3-19-16(2)20(25-24-19)21(28)27-12-10-22(15-27)9-4-11-26(14-22)13-17-5-7-18(23)8-6-17/h5-8H,3-4,9-15H2,1-2H3,(H,24,25)/t22-/m1/s1. The highest BCUT2D eigenvalue weighted by molar-refractivity contribution is 5.94. The number of benzene rings is 1. The molecule has 5 nitrogen and oxygen atoms in total. The van der Waals surface area contributed by atoms with Crippen molar-refractivity contribution in [1.82, 2.24) is 20.0 Å². The number of hydrogen-bond donors (Lipinski definition) is 1. The minimum Gasteiger partial charge on any atom is -0.337 e. The molecule has 1 atom stereocenters. The van der Waals surface area contributed by atoms with Crippen molar-refractivity contribution in [3.05, 3.63) is 52.6 Å². The van der Waals surface area contributed by atoms with Gasteiger partial charge in [-0.05, 0) is 56.8 Å². The summed E-state index contributed by atoms with van der Waals surface area (Å²) in [5.41, 5.74) is 3.91. The van der Waals surface area contributed by atoms with E-state index in [0.717, 1.165) is 75.2 Å². The van der Waals surface area contributed by atoms with Crippen LogP contribution < -0.4 is 0 Å². The number of carbonyl (C=O) groups excluding carboxylic acids is 1. The van der Waals surface area contributed by atoms with Crippen molar-refractivity contribution < 1.29 is 9.18 Å². The van der Waals surface area contributed by atoms with Gasteiger partial charge in [-0.15, -0.1) is 0 Å². The fourth-order valence-corrected chi connectivity index (χ4v) is 4.87. The van der Waals surface area contributed by atoms with Gasteiger partial charge in [0.15, 0.2) is 5.69 Å². The quantitative estimate of drug-likeness (QED) is 0.877. The minimum absolute atomic E-state index is 0.0565. The van der Waals surface area contributed by atoms with Gasteiger partial charge in [-0.1, -0.05) is 19.1 Å². The average molecular weight is 384 g/mol. The Bertz CT molecular complexity index is 847. The molecule has 1 aromatic heterocycles. The second-order valence-corrected chi connectivity index (χ2v) is 8.45. The molecule has 2 aliphatic heterocycles. The molecule has 0 radical (unpaired) electrons. The van der Waals surface area contributed by atoms with Gasteiger partial charge in [0.25, 0.3) is 5.91 Å². The van der Waals surface area contributed by atoms with E-state index in [2.05, 4.69) is 22.0 Å². The second kappa shape index (κ2) is 7.66. The smallest absolute Gasteiger partial charge is 0.274 e. The molecule has 1 aromatic carbocycles. The number of amides is 1. The van der Waals surface area contributed by atoms with E-state index in [-0.39, 0.29) is 17.1 Å². The van der Waals surface area contributed by atoms with Gasteiger partial charge < -0.3 is 4.90 Å². The maximum atomic E-state index is 13.2. The topological polar surface area (TPSA) is 52.2 Å². The van der Waals surface area contributed by atoms with Crippen LogP contribution in [0.4, 0.5) is 4.39 Å². The summed E-state index contributed by atoms with van der Waals surface area (Å²) >= 11 is 0. The summed E-state index contributed by atoms with van der Waals surface area (Å²) in [6.45, 7) is 8.55. The van der Waals surface area contributed by atoms with E-state index in [0.29, 0.717) is 5.69 Å². The summed E-state index contributed by atoms with van der Waals surface area (Å²) in [6.07, 6.45) is 4.21. The summed E-state index contributed by atoms with van der Waals surface area (Å²) in [7, 11) is 0. The van der Waals surface area contributed by atoms with Crippen LogP contribution in [0.5, 0.6) is 0 Å². The molecule has 0 aliphatic carbocycles. The van der Waals surface area contributed by atoms with Crippen LogP contribution in [0.2, 0.25) is 0 Å². The molecular formula is C22H29FN4O. The van der Waals surface area contributed by atoms with Gasteiger partial charge in [0.05, 0.1) is 0 Å². The number of H-pyrrole nitrogens is 1. The van der Waals surface area contributed by atoms with Crippen molar-refractivity contribution in [2.75, 3.05) is 26.2 Å². The molecule has 2 saturated heterocycles. The zero-order chi connectivity index (χ0) is 19.7. The molecular weight excluding hydrogens is 355 g/mol. The van der Waals surface area contributed by atoms with Crippen molar-refractivity contribution in [2.24, 2.45) is 5.41 Å². The van der Waals surface area contributed by atoms with Crippen LogP contribution in [0.15, 0.2) is 24.3 Å². The Balaban J connectivity index is 1.42. The third-order valence-electron chi connectivity index (χ3n) is 6.45. The van der Waals surface area contributed by atoms with E-state index in [1.165, 1.54) is 12.1 Å². The molecule has 1 N–H and O–H groups in total. The van der Waals surface area contributed by atoms with Gasteiger partial charge in [0.2, 0.25) is 0 Å². The molecule has 28 heavy (non-hydrogen) atoms. The second-order valence-electron chi connectivity index (χ2n) is 8.45. The van der Waals surface area contributed by atoms with Gasteiger partial charge in [0.1, 0.15) is 5.82 Å². The molecule has 1 spiro atoms. The largest absolute Gasteiger partial charge is 0.337 e. The lowest BCUT2D eigenvalue weighted by Gasteiger charge is -2.40. The fourth-order valence-electron chi connectivity index (χ4n) is 4.87. The average Bonchev–Trinajstić information content (AvgIpc) is 3.27. The number of carbonyl (C=O) groups is 1. The molecule has 1 amide bonds. The highest BCUT2D eigenvalue weighted by Crippen LogP contribution is 2.40. The number of likely N-dealkylation sites (tertiary alicyclic amines) is 2. The van der Waals surface area contributed by atoms with E-state index in [1.54, 1.807) is 0 Å². The van der Waals surface area contributed by atoms with Crippen molar-refractivity contribution in [1.29, 1.82) is 0 Å². The Morgan fingerprint density at radius 3 is 2.71 bits per heavy atom. The third-order valence-corrected chi connectivity index (χ3v) is 6.45. The predicted molar refractivity (Wildman–Crippen MR) is 107 cm³/mol. The first-order valence-corrected chi connectivity index (χ1v) is 10.3. The van der Waals surface area contributed by atoms with Crippen LogP contribution in [-0.4, -0.2) is 52.1 Å². The van der Waals surface area contributed by atoms with E-state index in [9.17, 15) is 9.18 Å². The zero-order valence-electron chi connectivity index (χ0n) is 16.8. The first-order chi connectivity index (χ1) is 13.5. The molecule has 0 saturated carbocycles. The van der Waals surface area contributed by atoms with Crippen LogP contribution in [0.1, 0.15) is 53.5 Å². The highest BCUT2D eigenvalue weighted by atomic mass is 19.1. The van der Waals surface area contributed by atoms with Crippen molar-refractivity contribution >= 4 is 5.91 Å². The summed E-state index contributed by atoms with van der Waals surface area (Å²) in [5, 5.41) is 7.29. The Hall–Kier alpha value is -2.21. The Morgan fingerprint density at radius 1 is 1.21 bits per heavy atom. The van der Waals surface area contributed by atoms with Crippen LogP contribution >= 0.6 is 0 Å². The number of nitrogens with zero attached hydrogens (tertiary/aromatic N) is 3. The van der Waals surface area contributed by atoms with Gasteiger partial charge in [-0.2, -0.15) is 5.10 Å². The summed E-state index contributed by atoms with van der Waals surface area (Å²) in [4.78, 5) is 17.5. The first kappa shape index (κ1) is 19.1. The monoisotopic (exact) mass is 384 g/mol. The minimum atomic E-state index is -0.191. The number of hydrogen-bond acceptors (Lipinski definition) is 3. The molecule has 0 bridgehead atoms. The van der Waals surface area contributed by atoms with Crippen LogP contribution in [0.3, 0.4) is 0 Å². The Labute approximate surface area is 165 Å². The number of aryl methyl sites for hydroxylation is 1. The van der Waals surface area contributed by atoms with Gasteiger partial charge >= 0.3 is 0 Å². The molecule has 2 fully saturated rings. The van der Waals surface area contributed by atoms with Crippen LogP contribution in [0.25, 0.3) is 0 Å². The lowest BCUT2D eigenvalue weighted by Crippen LogP contribution is -2.45. The van der Waals surface area contributed by atoms with Crippen molar-refractivity contribution in [3.8, 4) is 0 Å². The van der Waals surface area contributed by atoms with Crippen LogP contribution in [-0.2, 0) is 13.0 Å². The van der Waals surface area contributed by atoms with Gasteiger partial charge in [-0.25, -0.2) is 4.39 Å². The van der Waals surface area contributed by atoms with Gasteiger partial charge in [-0.3, -0.25) is 14.8 Å². The van der Waals surface area contributed by atoms with E-state index < -0.39 is 0 Å². The molecule has 0 unspecified atom stereocenters.